The molecule has 0 saturated heterocycles. The number of aliphatic carboxylic acids is 1. The molecular weight excluding hydrogens is 308 g/mol. The molecule has 0 bridgehead atoms. The van der Waals surface area contributed by atoms with Crippen LogP contribution in [0.4, 0.5) is 0 Å². The van der Waals surface area contributed by atoms with Crippen LogP contribution in [-0.4, -0.2) is 17.7 Å². The number of ether oxygens (including phenoxy) is 1. The summed E-state index contributed by atoms with van der Waals surface area (Å²) in [5.74, 6) is -0.274. The molecule has 2 aromatic carbocycles. The summed E-state index contributed by atoms with van der Waals surface area (Å²) >= 11 is 3.40. The second-order valence-electron chi connectivity index (χ2n) is 4.48. The van der Waals surface area contributed by atoms with Gasteiger partial charge in [0, 0.05) is 5.56 Å². The van der Waals surface area contributed by atoms with Gasteiger partial charge in [0.1, 0.15) is 12.4 Å². The van der Waals surface area contributed by atoms with Gasteiger partial charge in [0.05, 0.1) is 4.47 Å². The Labute approximate surface area is 119 Å². The smallest absolute Gasteiger partial charge is 0.322 e. The van der Waals surface area contributed by atoms with Gasteiger partial charge >= 0.3 is 5.97 Å². The molecule has 1 atom stereocenters. The van der Waals surface area contributed by atoms with Gasteiger partial charge in [-0.25, -0.2) is 0 Å². The predicted octanol–water partition coefficient (Wildman–Crippen LogP) is 3.21. The van der Waals surface area contributed by atoms with Gasteiger partial charge in [0.25, 0.3) is 0 Å². The maximum absolute atomic E-state index is 11.9. The highest BCUT2D eigenvalue weighted by Crippen LogP contribution is 2.46. The fourth-order valence-corrected chi connectivity index (χ4v) is 2.99. The van der Waals surface area contributed by atoms with Gasteiger partial charge in [-0.1, -0.05) is 42.5 Å². The number of para-hydroxylation sites is 1. The minimum Gasteiger partial charge on any atom is -0.490 e. The minimum atomic E-state index is -1.12. The van der Waals surface area contributed by atoms with Crippen LogP contribution in [0.15, 0.2) is 53.0 Å². The van der Waals surface area contributed by atoms with E-state index in [2.05, 4.69) is 15.9 Å². The first-order valence-electron chi connectivity index (χ1n) is 5.87. The molecule has 0 radical (unpaired) electrons. The Balaban J connectivity index is 2.28. The normalized spacial score (nSPS) is 20.7. The van der Waals surface area contributed by atoms with Crippen LogP contribution in [0.25, 0.3) is 0 Å². The van der Waals surface area contributed by atoms with Gasteiger partial charge in [-0.2, -0.15) is 0 Å². The van der Waals surface area contributed by atoms with E-state index in [4.69, 9.17) is 4.74 Å². The Morgan fingerprint density at radius 1 is 1.16 bits per heavy atom. The molecule has 0 unspecified atom stereocenters. The third-order valence-corrected chi connectivity index (χ3v) is 4.12. The topological polar surface area (TPSA) is 46.5 Å². The predicted molar refractivity (Wildman–Crippen MR) is 74.5 cm³/mol. The number of carboxylic acids is 1. The van der Waals surface area contributed by atoms with E-state index in [1.165, 1.54) is 0 Å². The quantitative estimate of drug-likeness (QED) is 0.924. The van der Waals surface area contributed by atoms with Crippen molar-refractivity contribution in [3.63, 3.8) is 0 Å². The van der Waals surface area contributed by atoms with Crippen LogP contribution in [-0.2, 0) is 10.2 Å². The van der Waals surface area contributed by atoms with Crippen LogP contribution in [0.1, 0.15) is 11.1 Å². The fourth-order valence-electron chi connectivity index (χ4n) is 2.51. The van der Waals surface area contributed by atoms with Gasteiger partial charge in [-0.05, 0) is 27.6 Å². The van der Waals surface area contributed by atoms with Crippen LogP contribution >= 0.6 is 15.9 Å². The molecule has 96 valence electrons. The monoisotopic (exact) mass is 318 g/mol. The van der Waals surface area contributed by atoms with Crippen molar-refractivity contribution < 1.29 is 14.6 Å². The zero-order valence-corrected chi connectivity index (χ0v) is 11.6. The lowest BCUT2D eigenvalue weighted by molar-refractivity contribution is -0.142. The summed E-state index contributed by atoms with van der Waals surface area (Å²) in [5, 5.41) is 9.76. The highest BCUT2D eigenvalue weighted by atomic mass is 79.9. The maximum Gasteiger partial charge on any atom is 0.322 e. The SMILES string of the molecule is O=C(O)[C@@]1(c2ccccc2)COc2c(Br)cccc21. The van der Waals surface area contributed by atoms with Crippen molar-refractivity contribution in [3.05, 3.63) is 64.1 Å². The Hall–Kier alpha value is -1.81. The molecule has 1 N–H and O–H groups in total. The van der Waals surface area contributed by atoms with E-state index in [9.17, 15) is 9.90 Å². The van der Waals surface area contributed by atoms with E-state index in [1.807, 2.05) is 48.5 Å². The molecule has 0 saturated carbocycles. The van der Waals surface area contributed by atoms with E-state index < -0.39 is 11.4 Å². The molecule has 1 aliphatic rings. The Morgan fingerprint density at radius 2 is 1.89 bits per heavy atom. The molecule has 0 aromatic heterocycles. The second kappa shape index (κ2) is 4.38. The number of halogens is 1. The van der Waals surface area contributed by atoms with Gasteiger partial charge in [0.2, 0.25) is 0 Å². The molecule has 0 spiro atoms. The van der Waals surface area contributed by atoms with Crippen LogP contribution < -0.4 is 4.74 Å². The molecular formula is C15H11BrO3. The number of hydrogen-bond acceptors (Lipinski definition) is 2. The lowest BCUT2D eigenvalue weighted by atomic mass is 9.76. The first-order valence-corrected chi connectivity index (χ1v) is 6.66. The Morgan fingerprint density at radius 3 is 2.58 bits per heavy atom. The summed E-state index contributed by atoms with van der Waals surface area (Å²) in [5.41, 5.74) is 0.306. The molecule has 1 aliphatic heterocycles. The molecule has 2 aromatic rings. The van der Waals surface area contributed by atoms with E-state index in [0.717, 1.165) is 10.0 Å². The molecule has 4 heteroatoms. The van der Waals surface area contributed by atoms with Crippen molar-refractivity contribution >= 4 is 21.9 Å². The summed E-state index contributed by atoms with van der Waals surface area (Å²) in [6, 6.07) is 14.7. The summed E-state index contributed by atoms with van der Waals surface area (Å²) < 4.78 is 6.41. The zero-order valence-electron chi connectivity index (χ0n) is 9.97. The van der Waals surface area contributed by atoms with Crippen LogP contribution in [0, 0.1) is 0 Å². The Kier molecular flexibility index (Phi) is 2.82. The molecule has 0 aliphatic carbocycles. The number of hydrogen-bond donors (Lipinski definition) is 1. The van der Waals surface area contributed by atoms with E-state index >= 15 is 0 Å². The fraction of sp³-hybridized carbons (Fsp3) is 0.133. The van der Waals surface area contributed by atoms with Gasteiger partial charge in [0.15, 0.2) is 5.41 Å². The molecule has 0 fully saturated rings. The number of benzene rings is 2. The molecule has 1 heterocycles. The zero-order chi connectivity index (χ0) is 13.5. The Bertz CT molecular complexity index is 639. The van der Waals surface area contributed by atoms with Crippen molar-refractivity contribution in [3.8, 4) is 5.75 Å². The summed E-state index contributed by atoms with van der Waals surface area (Å²) in [4.78, 5) is 11.9. The van der Waals surface area contributed by atoms with Crippen LogP contribution in [0.2, 0.25) is 0 Å². The summed E-state index contributed by atoms with van der Waals surface area (Å²) in [6.07, 6.45) is 0. The molecule has 3 nitrogen and oxygen atoms in total. The van der Waals surface area contributed by atoms with Gasteiger partial charge < -0.3 is 9.84 Å². The molecule has 0 amide bonds. The average Bonchev–Trinajstić information content (AvgIpc) is 2.82. The average molecular weight is 319 g/mol. The summed E-state index contributed by atoms with van der Waals surface area (Å²) in [7, 11) is 0. The number of rotatable bonds is 2. The van der Waals surface area contributed by atoms with E-state index in [-0.39, 0.29) is 6.61 Å². The number of carbonyl (C=O) groups is 1. The highest BCUT2D eigenvalue weighted by Gasteiger charge is 2.49. The first-order chi connectivity index (χ1) is 9.16. The van der Waals surface area contributed by atoms with Gasteiger partial charge in [-0.15, -0.1) is 0 Å². The van der Waals surface area contributed by atoms with Crippen molar-refractivity contribution in [1.82, 2.24) is 0 Å². The number of carboxylic acid groups (broad SMARTS) is 1. The first kappa shape index (κ1) is 12.2. The van der Waals surface area contributed by atoms with E-state index in [1.54, 1.807) is 0 Å². The lowest BCUT2D eigenvalue weighted by Gasteiger charge is -2.23. The largest absolute Gasteiger partial charge is 0.490 e. The van der Waals surface area contributed by atoms with Crippen LogP contribution in [0.5, 0.6) is 5.75 Å². The van der Waals surface area contributed by atoms with Crippen molar-refractivity contribution in [2.75, 3.05) is 6.61 Å². The standard InChI is InChI=1S/C15H11BrO3/c16-12-8-4-7-11-13(12)19-9-15(11,14(17)18)10-5-2-1-3-6-10/h1-8H,9H2,(H,17,18)/t15-/m1/s1. The van der Waals surface area contributed by atoms with Crippen molar-refractivity contribution in [1.29, 1.82) is 0 Å². The van der Waals surface area contributed by atoms with Crippen molar-refractivity contribution in [2.45, 2.75) is 5.41 Å². The molecule has 19 heavy (non-hydrogen) atoms. The van der Waals surface area contributed by atoms with Crippen LogP contribution in [0.3, 0.4) is 0 Å². The summed E-state index contributed by atoms with van der Waals surface area (Å²) in [6.45, 7) is 0.115. The third kappa shape index (κ3) is 1.67. The second-order valence-corrected chi connectivity index (χ2v) is 5.34. The minimum absolute atomic E-state index is 0.115. The lowest BCUT2D eigenvalue weighted by Crippen LogP contribution is -2.38. The molecule has 3 rings (SSSR count). The number of fused-ring (bicyclic) bond motifs is 1. The maximum atomic E-state index is 11.9. The highest BCUT2D eigenvalue weighted by molar-refractivity contribution is 9.10. The third-order valence-electron chi connectivity index (χ3n) is 3.49. The van der Waals surface area contributed by atoms with Gasteiger partial charge in [-0.3, -0.25) is 4.79 Å². The van der Waals surface area contributed by atoms with Crippen molar-refractivity contribution in [2.24, 2.45) is 0 Å². The van der Waals surface area contributed by atoms with E-state index in [0.29, 0.717) is 11.3 Å².